The SMILES string of the molecule is C=CS(=O)(=O)C#CC(C)(C)C. The Balaban J connectivity index is 4.71. The molecule has 0 N–H and O–H groups in total. The molecule has 0 unspecified atom stereocenters. The van der Waals surface area contributed by atoms with Crippen LogP contribution in [0.2, 0.25) is 0 Å². The molecule has 3 heteroatoms. The van der Waals surface area contributed by atoms with E-state index in [2.05, 4.69) is 17.8 Å². The molecule has 0 heterocycles. The van der Waals surface area contributed by atoms with Gasteiger partial charge in [-0.25, -0.2) is 8.42 Å². The highest BCUT2D eigenvalue weighted by molar-refractivity contribution is 7.98. The van der Waals surface area contributed by atoms with E-state index in [0.717, 1.165) is 5.41 Å². The van der Waals surface area contributed by atoms with Crippen molar-refractivity contribution in [3.63, 3.8) is 0 Å². The summed E-state index contributed by atoms with van der Waals surface area (Å²) < 4.78 is 21.5. The molecule has 0 amide bonds. The third-order valence-electron chi connectivity index (χ3n) is 0.788. The van der Waals surface area contributed by atoms with Crippen LogP contribution in [0.3, 0.4) is 0 Å². The molecule has 0 aromatic heterocycles. The maximum Gasteiger partial charge on any atom is 0.237 e. The molecule has 0 aromatic carbocycles. The monoisotopic (exact) mass is 172 g/mol. The minimum Gasteiger partial charge on any atom is -0.211 e. The van der Waals surface area contributed by atoms with Crippen molar-refractivity contribution in [3.05, 3.63) is 12.0 Å². The molecule has 0 atom stereocenters. The van der Waals surface area contributed by atoms with E-state index >= 15 is 0 Å². The van der Waals surface area contributed by atoms with E-state index < -0.39 is 9.84 Å². The van der Waals surface area contributed by atoms with Crippen molar-refractivity contribution in [2.24, 2.45) is 5.41 Å². The van der Waals surface area contributed by atoms with Crippen LogP contribution in [-0.2, 0) is 9.84 Å². The Morgan fingerprint density at radius 3 is 2.09 bits per heavy atom. The van der Waals surface area contributed by atoms with E-state index in [1.807, 2.05) is 20.8 Å². The zero-order chi connectivity index (χ0) is 9.12. The molecule has 62 valence electrons. The molecule has 0 aliphatic rings. The first-order valence-electron chi connectivity index (χ1n) is 3.18. The number of hydrogen-bond acceptors (Lipinski definition) is 2. The van der Waals surface area contributed by atoms with Crippen molar-refractivity contribution in [1.29, 1.82) is 0 Å². The summed E-state index contributed by atoms with van der Waals surface area (Å²) in [6.45, 7) is 8.68. The van der Waals surface area contributed by atoms with Gasteiger partial charge in [-0.1, -0.05) is 12.5 Å². The largest absolute Gasteiger partial charge is 0.237 e. The Kier molecular flexibility index (Phi) is 2.89. The van der Waals surface area contributed by atoms with Crippen LogP contribution < -0.4 is 0 Å². The number of hydrogen-bond donors (Lipinski definition) is 0. The van der Waals surface area contributed by atoms with Crippen molar-refractivity contribution in [2.45, 2.75) is 20.8 Å². The molecule has 0 aromatic rings. The number of sulfone groups is 1. The van der Waals surface area contributed by atoms with Gasteiger partial charge in [0.2, 0.25) is 9.84 Å². The summed E-state index contributed by atoms with van der Waals surface area (Å²) in [6.07, 6.45) is 0. The van der Waals surface area contributed by atoms with Crippen LogP contribution in [0.25, 0.3) is 0 Å². The van der Waals surface area contributed by atoms with Gasteiger partial charge >= 0.3 is 0 Å². The Bertz CT molecular complexity index is 293. The highest BCUT2D eigenvalue weighted by Gasteiger charge is 2.05. The fourth-order valence-corrected chi connectivity index (χ4v) is 0.798. The Morgan fingerprint density at radius 1 is 1.36 bits per heavy atom. The lowest BCUT2D eigenvalue weighted by Gasteiger charge is -2.05. The Hall–Kier alpha value is -0.750. The lowest BCUT2D eigenvalue weighted by molar-refractivity contribution is 0.570. The van der Waals surface area contributed by atoms with E-state index in [1.54, 1.807) is 0 Å². The van der Waals surface area contributed by atoms with Crippen LogP contribution >= 0.6 is 0 Å². The second-order valence-electron chi connectivity index (χ2n) is 3.19. The van der Waals surface area contributed by atoms with Gasteiger partial charge in [-0.3, -0.25) is 0 Å². The maximum absolute atomic E-state index is 10.8. The van der Waals surface area contributed by atoms with Crippen LogP contribution in [0.15, 0.2) is 12.0 Å². The van der Waals surface area contributed by atoms with Crippen molar-refractivity contribution in [3.8, 4) is 11.2 Å². The Labute approximate surface area is 68.2 Å². The summed E-state index contributed by atoms with van der Waals surface area (Å²) >= 11 is 0. The van der Waals surface area contributed by atoms with Gasteiger partial charge in [0, 0.05) is 16.1 Å². The average molecular weight is 172 g/mol. The molecular formula is C8H12O2S. The highest BCUT2D eigenvalue weighted by Crippen LogP contribution is 2.10. The van der Waals surface area contributed by atoms with Crippen LogP contribution in [0, 0.1) is 16.6 Å². The van der Waals surface area contributed by atoms with Crippen molar-refractivity contribution < 1.29 is 8.42 Å². The summed E-state index contributed by atoms with van der Waals surface area (Å²) in [5.41, 5.74) is -0.282. The zero-order valence-electron chi connectivity index (χ0n) is 7.01. The summed E-state index contributed by atoms with van der Waals surface area (Å²) in [7, 11) is -3.35. The first-order valence-corrected chi connectivity index (χ1v) is 4.73. The molecule has 11 heavy (non-hydrogen) atoms. The second-order valence-corrected chi connectivity index (χ2v) is 4.82. The lowest BCUT2D eigenvalue weighted by Crippen LogP contribution is -2.01. The topological polar surface area (TPSA) is 34.1 Å². The van der Waals surface area contributed by atoms with Crippen molar-refractivity contribution in [1.82, 2.24) is 0 Å². The Morgan fingerprint density at radius 2 is 1.82 bits per heavy atom. The second kappa shape index (κ2) is 3.10. The van der Waals surface area contributed by atoms with E-state index in [0.29, 0.717) is 0 Å². The quantitative estimate of drug-likeness (QED) is 0.444. The minimum absolute atomic E-state index is 0.282. The van der Waals surface area contributed by atoms with Crippen LogP contribution in [0.4, 0.5) is 0 Å². The predicted molar refractivity (Wildman–Crippen MR) is 46.3 cm³/mol. The molecular weight excluding hydrogens is 160 g/mol. The van der Waals surface area contributed by atoms with Crippen LogP contribution in [0.5, 0.6) is 0 Å². The third kappa shape index (κ3) is 5.68. The van der Waals surface area contributed by atoms with Crippen molar-refractivity contribution >= 4 is 9.84 Å². The molecule has 0 bridgehead atoms. The fourth-order valence-electron chi connectivity index (χ4n) is 0.266. The molecule has 0 fully saturated rings. The van der Waals surface area contributed by atoms with E-state index in [-0.39, 0.29) is 5.41 Å². The van der Waals surface area contributed by atoms with E-state index in [9.17, 15) is 8.42 Å². The van der Waals surface area contributed by atoms with Gasteiger partial charge in [-0.05, 0) is 20.8 Å². The fraction of sp³-hybridized carbons (Fsp3) is 0.500. The molecule has 0 spiro atoms. The van der Waals surface area contributed by atoms with Gasteiger partial charge in [0.25, 0.3) is 0 Å². The zero-order valence-corrected chi connectivity index (χ0v) is 7.83. The van der Waals surface area contributed by atoms with Gasteiger partial charge in [0.1, 0.15) is 0 Å². The van der Waals surface area contributed by atoms with E-state index in [1.165, 1.54) is 0 Å². The maximum atomic E-state index is 10.8. The molecule has 0 saturated heterocycles. The van der Waals surface area contributed by atoms with Gasteiger partial charge in [-0.15, -0.1) is 0 Å². The van der Waals surface area contributed by atoms with Crippen molar-refractivity contribution in [2.75, 3.05) is 0 Å². The summed E-state index contributed by atoms with van der Waals surface area (Å²) in [5, 5.41) is 3.01. The average Bonchev–Trinajstić information content (AvgIpc) is 1.83. The third-order valence-corrected chi connectivity index (χ3v) is 1.61. The number of rotatable bonds is 1. The van der Waals surface area contributed by atoms with Gasteiger partial charge < -0.3 is 0 Å². The smallest absolute Gasteiger partial charge is 0.211 e. The first kappa shape index (κ1) is 10.2. The van der Waals surface area contributed by atoms with Crippen LogP contribution in [0.1, 0.15) is 20.8 Å². The molecule has 0 aliphatic carbocycles. The highest BCUT2D eigenvalue weighted by atomic mass is 32.2. The standard InChI is InChI=1S/C8H12O2S/c1-5-11(9,10)7-6-8(2,3)4/h5H,1H2,2-4H3. The van der Waals surface area contributed by atoms with Gasteiger partial charge in [0.15, 0.2) is 0 Å². The summed E-state index contributed by atoms with van der Waals surface area (Å²) in [5.74, 6) is 2.60. The molecule has 0 aliphatic heterocycles. The molecule has 2 nitrogen and oxygen atoms in total. The molecule has 0 saturated carbocycles. The molecule has 0 rings (SSSR count). The summed E-state index contributed by atoms with van der Waals surface area (Å²) in [6, 6.07) is 0. The van der Waals surface area contributed by atoms with E-state index in [4.69, 9.17) is 0 Å². The first-order chi connectivity index (χ1) is 4.77. The van der Waals surface area contributed by atoms with Crippen LogP contribution in [-0.4, -0.2) is 8.42 Å². The predicted octanol–water partition coefficient (Wildman–Crippen LogP) is 1.55. The molecule has 0 radical (unpaired) electrons. The van der Waals surface area contributed by atoms with Gasteiger partial charge in [0.05, 0.1) is 0 Å². The van der Waals surface area contributed by atoms with Gasteiger partial charge in [-0.2, -0.15) is 0 Å². The lowest BCUT2D eigenvalue weighted by atomic mass is 9.99. The minimum atomic E-state index is -3.35. The normalized spacial score (nSPS) is 11.5. The summed E-state index contributed by atoms with van der Waals surface area (Å²) in [4.78, 5) is 0.